The lowest BCUT2D eigenvalue weighted by molar-refractivity contribution is -0.133. The summed E-state index contributed by atoms with van der Waals surface area (Å²) in [7, 11) is 0. The minimum Gasteiger partial charge on any atom is -0.478 e. The first-order chi connectivity index (χ1) is 12.0. The summed E-state index contributed by atoms with van der Waals surface area (Å²) in [6, 6.07) is 11.7. The van der Waals surface area contributed by atoms with E-state index >= 15 is 0 Å². The molecule has 1 fully saturated rings. The molecule has 1 saturated heterocycles. The first-order valence-electron chi connectivity index (χ1n) is 8.31. The van der Waals surface area contributed by atoms with E-state index in [9.17, 15) is 14.4 Å². The van der Waals surface area contributed by atoms with Gasteiger partial charge in [0, 0.05) is 31.3 Å². The summed E-state index contributed by atoms with van der Waals surface area (Å²) in [5, 5.41) is 9.14. The van der Waals surface area contributed by atoms with Crippen molar-refractivity contribution in [3.8, 4) is 0 Å². The van der Waals surface area contributed by atoms with Crippen molar-refractivity contribution in [1.82, 2.24) is 9.47 Å². The van der Waals surface area contributed by atoms with Gasteiger partial charge in [0.25, 0.3) is 5.56 Å². The molecule has 0 radical (unpaired) electrons. The zero-order valence-electron chi connectivity index (χ0n) is 13.8. The zero-order valence-corrected chi connectivity index (χ0v) is 13.8. The van der Waals surface area contributed by atoms with Gasteiger partial charge in [-0.05, 0) is 36.6 Å². The molecule has 1 atom stereocenters. The average Bonchev–Trinajstić information content (AvgIpc) is 2.64. The normalized spacial score (nSPS) is 17.3. The summed E-state index contributed by atoms with van der Waals surface area (Å²) in [5.41, 5.74) is 1.00. The Hall–Kier alpha value is -2.89. The van der Waals surface area contributed by atoms with E-state index in [1.54, 1.807) is 41.4 Å². The number of carboxylic acids is 1. The Bertz CT molecular complexity index is 843. The Labute approximate surface area is 145 Å². The minimum absolute atomic E-state index is 0.0293. The highest BCUT2D eigenvalue weighted by atomic mass is 16.4. The molecule has 1 unspecified atom stereocenters. The lowest BCUT2D eigenvalue weighted by Gasteiger charge is -2.33. The lowest BCUT2D eigenvalue weighted by atomic mass is 9.89. The van der Waals surface area contributed by atoms with E-state index in [1.807, 2.05) is 6.07 Å². The molecule has 6 nitrogen and oxygen atoms in total. The van der Waals surface area contributed by atoms with Crippen molar-refractivity contribution >= 4 is 11.9 Å². The van der Waals surface area contributed by atoms with Crippen molar-refractivity contribution in [1.29, 1.82) is 0 Å². The second-order valence-corrected chi connectivity index (χ2v) is 6.28. The molecular formula is C19H20N2O4. The smallest absolute Gasteiger partial charge is 0.335 e. The van der Waals surface area contributed by atoms with Gasteiger partial charge in [-0.2, -0.15) is 0 Å². The highest BCUT2D eigenvalue weighted by molar-refractivity contribution is 5.87. The molecule has 2 heterocycles. The molecule has 1 aliphatic heterocycles. The third-order valence-corrected chi connectivity index (χ3v) is 4.58. The summed E-state index contributed by atoms with van der Waals surface area (Å²) in [6.45, 7) is 1.24. The largest absolute Gasteiger partial charge is 0.478 e. The Morgan fingerprint density at radius 2 is 2.00 bits per heavy atom. The zero-order chi connectivity index (χ0) is 17.8. The molecule has 1 amide bonds. The Kier molecular flexibility index (Phi) is 4.97. The summed E-state index contributed by atoms with van der Waals surface area (Å²) in [4.78, 5) is 37.2. The SMILES string of the molecule is O=C(O)c1cccc(C2CCCN(C(=O)Cn3ccccc3=O)C2)c1. The lowest BCUT2D eigenvalue weighted by Crippen LogP contribution is -2.42. The van der Waals surface area contributed by atoms with Crippen LogP contribution in [0.25, 0.3) is 0 Å². The number of carboxylic acid groups (broad SMARTS) is 1. The number of nitrogens with zero attached hydrogens (tertiary/aromatic N) is 2. The van der Waals surface area contributed by atoms with Gasteiger partial charge < -0.3 is 14.6 Å². The second-order valence-electron chi connectivity index (χ2n) is 6.28. The fraction of sp³-hybridized carbons (Fsp3) is 0.316. The molecule has 1 aromatic heterocycles. The third kappa shape index (κ3) is 3.96. The van der Waals surface area contributed by atoms with Crippen molar-refractivity contribution in [2.45, 2.75) is 25.3 Å². The molecule has 0 bridgehead atoms. The number of aromatic nitrogens is 1. The van der Waals surface area contributed by atoms with Crippen molar-refractivity contribution in [2.24, 2.45) is 0 Å². The number of amides is 1. The van der Waals surface area contributed by atoms with Gasteiger partial charge in [-0.3, -0.25) is 9.59 Å². The molecule has 3 rings (SSSR count). The van der Waals surface area contributed by atoms with Crippen LogP contribution in [0.1, 0.15) is 34.7 Å². The Balaban J connectivity index is 1.71. The van der Waals surface area contributed by atoms with E-state index in [1.165, 1.54) is 10.6 Å². The van der Waals surface area contributed by atoms with Crippen molar-refractivity contribution in [3.05, 3.63) is 70.1 Å². The molecule has 130 valence electrons. The van der Waals surface area contributed by atoms with Crippen LogP contribution in [-0.2, 0) is 11.3 Å². The third-order valence-electron chi connectivity index (χ3n) is 4.58. The Morgan fingerprint density at radius 1 is 1.16 bits per heavy atom. The van der Waals surface area contributed by atoms with Crippen LogP contribution in [0.15, 0.2) is 53.5 Å². The number of likely N-dealkylation sites (tertiary alicyclic amines) is 1. The van der Waals surface area contributed by atoms with Gasteiger partial charge in [0.05, 0.1) is 5.56 Å². The summed E-state index contributed by atoms with van der Waals surface area (Å²) >= 11 is 0. The van der Waals surface area contributed by atoms with E-state index < -0.39 is 5.97 Å². The van der Waals surface area contributed by atoms with Crippen LogP contribution in [0, 0.1) is 0 Å². The maximum atomic E-state index is 12.5. The van der Waals surface area contributed by atoms with Crippen molar-refractivity contribution < 1.29 is 14.7 Å². The number of carbonyl (C=O) groups excluding carboxylic acids is 1. The standard InChI is InChI=1S/C19H20N2O4/c22-17-8-1-2-9-21(17)13-18(23)20-10-4-7-16(12-20)14-5-3-6-15(11-14)19(24)25/h1-3,5-6,8-9,11,16H,4,7,10,12-13H2,(H,24,25). The maximum Gasteiger partial charge on any atom is 0.335 e. The number of hydrogen-bond acceptors (Lipinski definition) is 3. The van der Waals surface area contributed by atoms with Gasteiger partial charge >= 0.3 is 5.97 Å². The molecule has 2 aromatic rings. The molecule has 25 heavy (non-hydrogen) atoms. The quantitative estimate of drug-likeness (QED) is 0.923. The second kappa shape index (κ2) is 7.34. The molecular weight excluding hydrogens is 320 g/mol. The minimum atomic E-state index is -0.950. The van der Waals surface area contributed by atoms with Gasteiger partial charge in [0.15, 0.2) is 0 Å². The van der Waals surface area contributed by atoms with E-state index in [4.69, 9.17) is 5.11 Å². The highest BCUT2D eigenvalue weighted by Crippen LogP contribution is 2.27. The number of carbonyl (C=O) groups is 2. The fourth-order valence-corrected chi connectivity index (χ4v) is 3.24. The van der Waals surface area contributed by atoms with E-state index in [2.05, 4.69) is 0 Å². The molecule has 6 heteroatoms. The number of benzene rings is 1. The van der Waals surface area contributed by atoms with Crippen LogP contribution < -0.4 is 5.56 Å². The first-order valence-corrected chi connectivity index (χ1v) is 8.31. The number of piperidine rings is 1. The van der Waals surface area contributed by atoms with Crippen molar-refractivity contribution in [3.63, 3.8) is 0 Å². The van der Waals surface area contributed by atoms with Crippen LogP contribution in [-0.4, -0.2) is 39.5 Å². The van der Waals surface area contributed by atoms with Crippen LogP contribution in [0.5, 0.6) is 0 Å². The Morgan fingerprint density at radius 3 is 2.76 bits per heavy atom. The molecule has 1 aromatic carbocycles. The monoisotopic (exact) mass is 340 g/mol. The van der Waals surface area contributed by atoms with E-state index in [-0.39, 0.29) is 29.5 Å². The predicted molar refractivity (Wildman–Crippen MR) is 92.7 cm³/mol. The van der Waals surface area contributed by atoms with Crippen molar-refractivity contribution in [2.75, 3.05) is 13.1 Å². The van der Waals surface area contributed by atoms with Crippen LogP contribution in [0.2, 0.25) is 0 Å². The van der Waals surface area contributed by atoms with E-state index in [0.29, 0.717) is 13.1 Å². The number of aromatic carboxylic acids is 1. The fourth-order valence-electron chi connectivity index (χ4n) is 3.24. The predicted octanol–water partition coefficient (Wildman–Crippen LogP) is 1.95. The van der Waals surface area contributed by atoms with Gasteiger partial charge in [-0.15, -0.1) is 0 Å². The van der Waals surface area contributed by atoms with E-state index in [0.717, 1.165) is 18.4 Å². The van der Waals surface area contributed by atoms with Crippen LogP contribution >= 0.6 is 0 Å². The number of hydrogen-bond donors (Lipinski definition) is 1. The molecule has 1 N–H and O–H groups in total. The number of pyridine rings is 1. The van der Waals surface area contributed by atoms with Crippen LogP contribution in [0.4, 0.5) is 0 Å². The van der Waals surface area contributed by atoms with Gasteiger partial charge in [0.1, 0.15) is 6.54 Å². The molecule has 0 aliphatic carbocycles. The summed E-state index contributed by atoms with van der Waals surface area (Å²) in [6.07, 6.45) is 3.38. The molecule has 0 saturated carbocycles. The average molecular weight is 340 g/mol. The summed E-state index contributed by atoms with van der Waals surface area (Å²) in [5.74, 6) is -0.925. The summed E-state index contributed by atoms with van der Waals surface area (Å²) < 4.78 is 1.40. The van der Waals surface area contributed by atoms with Gasteiger partial charge in [-0.25, -0.2) is 4.79 Å². The van der Waals surface area contributed by atoms with Crippen LogP contribution in [0.3, 0.4) is 0 Å². The number of rotatable bonds is 4. The topological polar surface area (TPSA) is 79.6 Å². The maximum absolute atomic E-state index is 12.5. The van der Waals surface area contributed by atoms with Gasteiger partial charge in [-0.1, -0.05) is 18.2 Å². The molecule has 0 spiro atoms. The van der Waals surface area contributed by atoms with Gasteiger partial charge in [0.2, 0.25) is 5.91 Å². The molecule has 1 aliphatic rings. The highest BCUT2D eigenvalue weighted by Gasteiger charge is 2.25. The first kappa shape index (κ1) is 17.0.